The number of aryl methyl sites for hydroxylation is 1. The molecule has 120 valence electrons. The molecule has 3 aromatic rings. The van der Waals surface area contributed by atoms with Gasteiger partial charge >= 0.3 is 10.7 Å². The average molecular weight is 338 g/mol. The van der Waals surface area contributed by atoms with E-state index in [9.17, 15) is 9.90 Å². The topological polar surface area (TPSA) is 84.5 Å². The van der Waals surface area contributed by atoms with Crippen molar-refractivity contribution in [2.45, 2.75) is 6.92 Å². The summed E-state index contributed by atoms with van der Waals surface area (Å²) in [6.45, 7) is 1.96. The summed E-state index contributed by atoms with van der Waals surface area (Å²) in [6, 6.07) is 12.5. The number of aromatic nitrogens is 2. The van der Waals surface area contributed by atoms with E-state index in [-0.39, 0.29) is 4.87 Å². The second-order valence-corrected chi connectivity index (χ2v) is 6.05. The van der Waals surface area contributed by atoms with Gasteiger partial charge in [0.1, 0.15) is 4.88 Å². The molecule has 3 rings (SSSR count). The highest BCUT2D eigenvalue weighted by Crippen LogP contribution is 2.07. The summed E-state index contributed by atoms with van der Waals surface area (Å²) in [7, 11) is 0. The van der Waals surface area contributed by atoms with Gasteiger partial charge < -0.3 is 5.11 Å². The first kappa shape index (κ1) is 15.8. The fourth-order valence-corrected chi connectivity index (χ4v) is 2.82. The van der Waals surface area contributed by atoms with Crippen LogP contribution in [0.5, 0.6) is 0 Å². The summed E-state index contributed by atoms with van der Waals surface area (Å²) in [5.41, 5.74) is 1.52. The van der Waals surface area contributed by atoms with E-state index in [1.807, 2.05) is 37.5 Å². The lowest BCUT2D eigenvalue weighted by molar-refractivity contribution is -0.599. The molecule has 0 aliphatic rings. The number of benzene rings is 1. The number of aromatic amines is 1. The van der Waals surface area contributed by atoms with Crippen molar-refractivity contribution in [2.24, 2.45) is 10.2 Å². The minimum absolute atomic E-state index is 0.199. The first-order valence-electron chi connectivity index (χ1n) is 7.18. The second kappa shape index (κ2) is 7.01. The van der Waals surface area contributed by atoms with Gasteiger partial charge in [-0.3, -0.25) is 0 Å². The van der Waals surface area contributed by atoms with Gasteiger partial charge in [0.15, 0.2) is 0 Å². The Morgan fingerprint density at radius 2 is 2.04 bits per heavy atom. The van der Waals surface area contributed by atoms with Gasteiger partial charge in [0.05, 0.1) is 18.6 Å². The summed E-state index contributed by atoms with van der Waals surface area (Å²) in [6.07, 6.45) is 5.13. The van der Waals surface area contributed by atoms with Crippen LogP contribution in [0.4, 0.5) is 0 Å². The van der Waals surface area contributed by atoms with Crippen molar-refractivity contribution in [2.75, 3.05) is 0 Å². The molecule has 0 saturated carbocycles. The lowest BCUT2D eigenvalue weighted by Crippen LogP contribution is -2.32. The third-order valence-corrected chi connectivity index (χ3v) is 4.01. The van der Waals surface area contributed by atoms with E-state index in [0.29, 0.717) is 16.3 Å². The lowest BCUT2D eigenvalue weighted by Gasteiger charge is -2.06. The Labute approximate surface area is 142 Å². The Hall–Kier alpha value is -3.06. The largest absolute Gasteiger partial charge is 0.857 e. The van der Waals surface area contributed by atoms with E-state index in [2.05, 4.69) is 15.2 Å². The van der Waals surface area contributed by atoms with E-state index < -0.39 is 5.90 Å². The smallest absolute Gasteiger partial charge is 0.390 e. The summed E-state index contributed by atoms with van der Waals surface area (Å²) < 4.78 is 1.80. The van der Waals surface area contributed by atoms with Crippen molar-refractivity contribution in [3.05, 3.63) is 80.5 Å². The normalized spacial score (nSPS) is 12.0. The summed E-state index contributed by atoms with van der Waals surface area (Å²) in [4.78, 5) is 14.8. The Morgan fingerprint density at radius 3 is 2.79 bits per heavy atom. The third-order valence-electron chi connectivity index (χ3n) is 3.21. The Morgan fingerprint density at radius 1 is 1.25 bits per heavy atom. The molecule has 0 radical (unpaired) electrons. The molecule has 0 unspecified atom stereocenters. The first-order valence-corrected chi connectivity index (χ1v) is 8.00. The lowest BCUT2D eigenvalue weighted by atomic mass is 10.2. The molecule has 1 N–H and O–H groups in total. The van der Waals surface area contributed by atoms with Gasteiger partial charge in [-0.15, -0.1) is 0 Å². The zero-order valence-electron chi connectivity index (χ0n) is 12.8. The fraction of sp³-hybridized carbons (Fsp3) is 0.0588. The summed E-state index contributed by atoms with van der Waals surface area (Å²) >= 11 is 1.01. The molecule has 0 fully saturated rings. The summed E-state index contributed by atoms with van der Waals surface area (Å²) in [5.74, 6) is 0.166. The maximum absolute atomic E-state index is 11.9. The van der Waals surface area contributed by atoms with Crippen LogP contribution in [0.2, 0.25) is 0 Å². The molecule has 0 saturated heterocycles. The van der Waals surface area contributed by atoms with Crippen molar-refractivity contribution < 1.29 is 9.67 Å². The van der Waals surface area contributed by atoms with Crippen LogP contribution >= 0.6 is 11.3 Å². The van der Waals surface area contributed by atoms with Crippen molar-refractivity contribution in [1.29, 1.82) is 0 Å². The minimum Gasteiger partial charge on any atom is -0.857 e. The molecular formula is C17H14N4O2S. The first-order chi connectivity index (χ1) is 11.6. The number of H-pyrrole nitrogens is 1. The molecule has 0 bridgehead atoms. The van der Waals surface area contributed by atoms with E-state index in [1.165, 1.54) is 6.21 Å². The van der Waals surface area contributed by atoms with Crippen molar-refractivity contribution in [1.82, 2.24) is 4.98 Å². The van der Waals surface area contributed by atoms with Crippen molar-refractivity contribution >= 4 is 23.4 Å². The van der Waals surface area contributed by atoms with Gasteiger partial charge in [-0.1, -0.05) is 36.4 Å². The van der Waals surface area contributed by atoms with Gasteiger partial charge in [0.25, 0.3) is 0 Å². The minimum atomic E-state index is -0.431. The van der Waals surface area contributed by atoms with Crippen molar-refractivity contribution in [3.63, 3.8) is 0 Å². The van der Waals surface area contributed by atoms with E-state index >= 15 is 0 Å². The maximum atomic E-state index is 11.9. The van der Waals surface area contributed by atoms with Gasteiger partial charge in [-0.2, -0.15) is 15.2 Å². The van der Waals surface area contributed by atoms with Crippen molar-refractivity contribution in [3.8, 4) is 5.82 Å². The van der Waals surface area contributed by atoms with Crippen LogP contribution < -0.4 is 14.5 Å². The molecule has 2 heterocycles. The Kier molecular flexibility index (Phi) is 4.62. The highest BCUT2D eigenvalue weighted by molar-refractivity contribution is 7.11. The molecule has 7 heteroatoms. The zero-order chi connectivity index (χ0) is 16.9. The number of hydrogen-bond acceptors (Lipinski definition) is 5. The van der Waals surface area contributed by atoms with E-state index in [4.69, 9.17) is 0 Å². The molecule has 6 nitrogen and oxygen atoms in total. The Bertz CT molecular complexity index is 958. The molecule has 0 aliphatic heterocycles. The van der Waals surface area contributed by atoms with E-state index in [1.54, 1.807) is 28.8 Å². The second-order valence-electron chi connectivity index (χ2n) is 5.03. The SMILES string of the molecule is Cc1ccc[n+](-c2[nH]c(=O)sc2/C=N\N=C(/[O-])c2ccccc2)c1. The maximum Gasteiger partial charge on any atom is 0.390 e. The number of pyridine rings is 1. The fourth-order valence-electron chi connectivity index (χ4n) is 2.12. The van der Waals surface area contributed by atoms with Crippen LogP contribution in [-0.2, 0) is 0 Å². The van der Waals surface area contributed by atoms with Crippen LogP contribution in [0, 0.1) is 6.92 Å². The molecule has 24 heavy (non-hydrogen) atoms. The molecule has 0 amide bonds. The highest BCUT2D eigenvalue weighted by atomic mass is 32.1. The van der Waals surface area contributed by atoms with Crippen LogP contribution in [0.1, 0.15) is 16.0 Å². The third kappa shape index (κ3) is 3.64. The molecule has 1 aromatic carbocycles. The molecule has 0 atom stereocenters. The van der Waals surface area contributed by atoms with Crippen LogP contribution in [0.3, 0.4) is 0 Å². The van der Waals surface area contributed by atoms with Gasteiger partial charge in [0.2, 0.25) is 0 Å². The monoisotopic (exact) mass is 338 g/mol. The number of nitrogens with zero attached hydrogens (tertiary/aromatic N) is 3. The quantitative estimate of drug-likeness (QED) is 0.335. The average Bonchev–Trinajstić information content (AvgIpc) is 2.96. The molecular weight excluding hydrogens is 324 g/mol. The number of thiazole rings is 1. The standard InChI is InChI=1S/C17H14N4O2S/c1-12-6-5-9-21(11-12)15-14(24-17(23)19-15)10-18-20-16(22)13-7-3-2-4-8-13/h2-11H,1H3,(H-,18,19,20,22,23). The number of rotatable bonds is 4. The highest BCUT2D eigenvalue weighted by Gasteiger charge is 2.15. The van der Waals surface area contributed by atoms with Gasteiger partial charge in [0, 0.05) is 5.90 Å². The van der Waals surface area contributed by atoms with Crippen LogP contribution in [0.15, 0.2) is 69.9 Å². The zero-order valence-corrected chi connectivity index (χ0v) is 13.7. The van der Waals surface area contributed by atoms with E-state index in [0.717, 1.165) is 16.9 Å². The van der Waals surface area contributed by atoms with Crippen LogP contribution in [0.25, 0.3) is 5.82 Å². The molecule has 2 aromatic heterocycles. The Balaban J connectivity index is 1.90. The molecule has 0 spiro atoms. The van der Waals surface area contributed by atoms with Gasteiger partial charge in [-0.25, -0.2) is 9.36 Å². The van der Waals surface area contributed by atoms with Crippen LogP contribution in [-0.4, -0.2) is 17.1 Å². The predicted molar refractivity (Wildman–Crippen MR) is 91.8 cm³/mol. The number of hydrogen-bond donors (Lipinski definition) is 1. The van der Waals surface area contributed by atoms with Gasteiger partial charge in [-0.05, 0) is 35.5 Å². The summed E-state index contributed by atoms with van der Waals surface area (Å²) in [5, 5.41) is 19.4. The number of nitrogens with one attached hydrogen (secondary N) is 1. The molecule has 0 aliphatic carbocycles. The predicted octanol–water partition coefficient (Wildman–Crippen LogP) is 1.16.